The average molecular weight is 1030 g/mol. The van der Waals surface area contributed by atoms with Gasteiger partial charge in [-0.05, 0) is 111 Å². The molecule has 2 amide bonds. The van der Waals surface area contributed by atoms with Crippen LogP contribution in [0.25, 0.3) is 16.1 Å². The molecule has 9 N–H and O–H groups in total. The number of aliphatic hydroxyl groups is 1. The largest absolute Gasteiger partial charge is 0.507 e. The lowest BCUT2D eigenvalue weighted by Crippen LogP contribution is -2.54. The van der Waals surface area contributed by atoms with E-state index >= 15 is 0 Å². The molecule has 5 aliphatic heterocycles. The Morgan fingerprint density at radius 2 is 1.61 bits per heavy atom. The molecule has 0 aliphatic carbocycles. The van der Waals surface area contributed by atoms with Gasteiger partial charge in [0.15, 0.2) is 11.6 Å². The van der Waals surface area contributed by atoms with Gasteiger partial charge < -0.3 is 61.8 Å². The molecule has 5 aliphatic rings. The number of nitrogens with one attached hydrogen (secondary N) is 1. The topological polar surface area (TPSA) is 246 Å². The number of carbonyl (C=O) groups is 2. The number of fused-ring (bicyclic) bond motifs is 2. The number of allylic oxidation sites excluding steroid dienone is 1. The summed E-state index contributed by atoms with van der Waals surface area (Å²) in [6, 6.07) is 16.5. The molecule has 10 rings (SSSR count). The van der Waals surface area contributed by atoms with E-state index in [1.807, 2.05) is 75.1 Å². The highest BCUT2D eigenvalue weighted by Crippen LogP contribution is 2.38. The Hall–Kier alpha value is -6.70. The Morgan fingerprint density at radius 3 is 2.26 bits per heavy atom. The Balaban J connectivity index is 0.676. The number of hydrogen-bond donors (Lipinski definition) is 6. The van der Waals surface area contributed by atoms with Crippen LogP contribution in [0.3, 0.4) is 0 Å². The Kier molecular flexibility index (Phi) is 15.1. The van der Waals surface area contributed by atoms with Crippen LogP contribution in [0.5, 0.6) is 5.75 Å². The number of carbonyl (C=O) groups excluding carboxylic acids is 2. The molecule has 5 atom stereocenters. The summed E-state index contributed by atoms with van der Waals surface area (Å²) in [6.45, 7) is 12.6. The first kappa shape index (κ1) is 50.8. The van der Waals surface area contributed by atoms with Gasteiger partial charge in [-0.2, -0.15) is 0 Å². The van der Waals surface area contributed by atoms with E-state index in [2.05, 4.69) is 35.1 Å². The molecule has 2 aromatic carbocycles. The van der Waals surface area contributed by atoms with Crippen LogP contribution < -0.4 is 32.3 Å². The number of anilines is 2. The zero-order valence-corrected chi connectivity index (χ0v) is 43.5. The van der Waals surface area contributed by atoms with Crippen LogP contribution in [-0.2, 0) is 16.1 Å². The Labute approximate surface area is 437 Å². The van der Waals surface area contributed by atoms with E-state index in [4.69, 9.17) is 31.7 Å². The second-order valence-electron chi connectivity index (χ2n) is 21.4. The molecule has 74 heavy (non-hydrogen) atoms. The van der Waals surface area contributed by atoms with Gasteiger partial charge in [-0.25, -0.2) is 15.0 Å². The fraction of sp³-hybridized carbons (Fsp3) is 0.491. The highest BCUT2D eigenvalue weighted by Gasteiger charge is 2.44. The summed E-state index contributed by atoms with van der Waals surface area (Å²) < 4.78 is 5.93. The minimum Gasteiger partial charge on any atom is -0.507 e. The standard InChI is InChI=1S/C55H71N13O5S/c1-33(2)50(54(72)67-31-42(69)22-46(67)53(71)59-25-35-8-10-38(11-9-35)51-34(3)62-32-74-51)48-24-49(63-73-48)65-20-14-36(15-21-65)28-64-18-16-37(17-19-64)39-26-60-55(61-27-39)68-40-12-13-41(68)30-66(29-40)45(52(57)58)23-44(56)43-6-4-5-7-47(43)70/h4-11,23-24,26-27,32-33,36-37,40-42,46,50,69-70H,12-22,25,28-31,56-58H2,1-3H3,(H,59,71)/b44-23-/t40?,41?,42-,46+,50?/m1/s1. The lowest BCUT2D eigenvalue weighted by atomic mass is 9.89. The number of piperidine rings is 2. The predicted molar refractivity (Wildman–Crippen MR) is 286 cm³/mol. The number of nitrogens with two attached hydrogens (primary N) is 3. The molecule has 392 valence electrons. The number of hydrogen-bond acceptors (Lipinski definition) is 17. The first-order valence-corrected chi connectivity index (χ1v) is 27.2. The average Bonchev–Trinajstić information content (AvgIpc) is 4.21. The van der Waals surface area contributed by atoms with E-state index < -0.39 is 18.1 Å². The van der Waals surface area contributed by atoms with E-state index in [0.29, 0.717) is 54.2 Å². The molecule has 5 saturated heterocycles. The number of benzene rings is 2. The van der Waals surface area contributed by atoms with E-state index in [0.717, 1.165) is 105 Å². The number of piperazine rings is 1. The van der Waals surface area contributed by atoms with E-state index in [9.17, 15) is 19.8 Å². The number of aliphatic hydroxyl groups excluding tert-OH is 1. The van der Waals surface area contributed by atoms with Crippen LogP contribution in [0, 0.1) is 18.8 Å². The van der Waals surface area contributed by atoms with Gasteiger partial charge in [0, 0.05) is 94.0 Å². The third-order valence-electron chi connectivity index (χ3n) is 16.1. The van der Waals surface area contributed by atoms with E-state index in [1.165, 1.54) is 10.5 Å². The van der Waals surface area contributed by atoms with Crippen LogP contribution >= 0.6 is 11.3 Å². The summed E-state index contributed by atoms with van der Waals surface area (Å²) in [6.07, 6.45) is 11.5. The number of phenolic OH excluding ortho intramolecular Hbond substituents is 1. The van der Waals surface area contributed by atoms with Crippen molar-refractivity contribution in [3.63, 3.8) is 0 Å². The molecule has 8 heterocycles. The first-order valence-electron chi connectivity index (χ1n) is 26.3. The number of aromatic hydroxyl groups is 1. The summed E-state index contributed by atoms with van der Waals surface area (Å²) in [5, 5.41) is 28.6. The SMILES string of the molecule is Cc1ncsc1-c1ccc(CNC(=O)[C@@H]2C[C@@H](O)CN2C(=O)C(c2cc(N3CCC(CN4CCC(c5cnc(N6C7CCC6CN(C(/C=C(\N)c6ccccc6O)=C(N)N)C7)nc5)CC4)CC3)no2)C(C)C)cc1. The molecule has 2 bridgehead atoms. The molecule has 18 nitrogen and oxygen atoms in total. The van der Waals surface area contributed by atoms with Crippen molar-refractivity contribution in [2.24, 2.45) is 29.0 Å². The summed E-state index contributed by atoms with van der Waals surface area (Å²) in [7, 11) is 0. The van der Waals surface area contributed by atoms with Gasteiger partial charge in [0.2, 0.25) is 17.8 Å². The quantitative estimate of drug-likeness (QED) is 0.0714. The molecule has 0 radical (unpaired) electrons. The van der Waals surface area contributed by atoms with Gasteiger partial charge in [-0.3, -0.25) is 9.59 Å². The van der Waals surface area contributed by atoms with Crippen molar-refractivity contribution in [3.8, 4) is 16.2 Å². The van der Waals surface area contributed by atoms with Gasteiger partial charge in [-0.1, -0.05) is 55.4 Å². The van der Waals surface area contributed by atoms with Gasteiger partial charge in [0.05, 0.1) is 27.9 Å². The van der Waals surface area contributed by atoms with Crippen molar-refractivity contribution in [1.29, 1.82) is 0 Å². The van der Waals surface area contributed by atoms with Gasteiger partial charge in [-0.15, -0.1) is 11.3 Å². The lowest BCUT2D eigenvalue weighted by molar-refractivity contribution is -0.141. The number of aromatic nitrogens is 4. The third-order valence-corrected chi connectivity index (χ3v) is 17.1. The number of nitrogens with zero attached hydrogens (tertiary/aromatic N) is 9. The number of aryl methyl sites for hydroxylation is 1. The van der Waals surface area contributed by atoms with Crippen LogP contribution in [0.4, 0.5) is 11.8 Å². The van der Waals surface area contributed by atoms with Gasteiger partial charge in [0.1, 0.15) is 23.5 Å². The van der Waals surface area contributed by atoms with Gasteiger partial charge in [0.25, 0.3) is 0 Å². The Bertz CT molecular complexity index is 2800. The minimum atomic E-state index is -0.796. The number of phenols is 1. The van der Waals surface area contributed by atoms with Crippen molar-refractivity contribution in [3.05, 3.63) is 118 Å². The monoisotopic (exact) mass is 1030 g/mol. The molecule has 5 fully saturated rings. The zero-order chi connectivity index (χ0) is 51.6. The molecule has 3 aromatic heterocycles. The maximum Gasteiger partial charge on any atom is 0.243 e. The smallest absolute Gasteiger partial charge is 0.243 e. The second-order valence-corrected chi connectivity index (χ2v) is 22.2. The summed E-state index contributed by atoms with van der Waals surface area (Å²) in [5.74, 6) is 1.98. The van der Waals surface area contributed by atoms with Crippen molar-refractivity contribution in [2.45, 2.75) is 108 Å². The summed E-state index contributed by atoms with van der Waals surface area (Å²) in [4.78, 5) is 54.3. The summed E-state index contributed by atoms with van der Waals surface area (Å²) >= 11 is 1.60. The minimum absolute atomic E-state index is 0.0874. The molecular weight excluding hydrogens is 955 g/mol. The number of amides is 2. The number of likely N-dealkylation sites (tertiary alicyclic amines) is 3. The molecular formula is C55H71N13O5S. The lowest BCUT2D eigenvalue weighted by Gasteiger charge is -2.42. The van der Waals surface area contributed by atoms with Crippen LogP contribution in [0.15, 0.2) is 94.6 Å². The molecule has 3 unspecified atom stereocenters. The zero-order valence-electron chi connectivity index (χ0n) is 42.7. The number of thiazole rings is 1. The van der Waals surface area contributed by atoms with E-state index in [-0.39, 0.29) is 54.4 Å². The van der Waals surface area contributed by atoms with Crippen molar-refractivity contribution < 1.29 is 24.3 Å². The number of β-amino-alcohol motifs (C(OH)–C–C–N with tert-alkyl or cyclic N) is 1. The molecule has 0 spiro atoms. The fourth-order valence-corrected chi connectivity index (χ4v) is 12.8. The second kappa shape index (κ2) is 22.0. The number of rotatable bonds is 15. The van der Waals surface area contributed by atoms with Crippen LogP contribution in [0.2, 0.25) is 0 Å². The molecule has 0 saturated carbocycles. The molecule has 19 heteroatoms. The van der Waals surface area contributed by atoms with E-state index in [1.54, 1.807) is 35.6 Å². The predicted octanol–water partition coefficient (Wildman–Crippen LogP) is 5.46. The molecule has 5 aromatic rings. The van der Waals surface area contributed by atoms with Crippen molar-refractivity contribution in [1.82, 2.24) is 40.1 Å². The van der Waals surface area contributed by atoms with Crippen LogP contribution in [0.1, 0.15) is 98.8 Å². The first-order chi connectivity index (χ1) is 35.8. The number of para-hydroxylation sites is 1. The fourth-order valence-electron chi connectivity index (χ4n) is 12.0. The summed E-state index contributed by atoms with van der Waals surface area (Å²) in [5.41, 5.74) is 26.5. The Morgan fingerprint density at radius 1 is 0.905 bits per heavy atom. The maximum absolute atomic E-state index is 14.3. The normalized spacial score (nSPS) is 22.4. The maximum atomic E-state index is 14.3. The van der Waals surface area contributed by atoms with Crippen molar-refractivity contribution >= 4 is 40.6 Å². The highest BCUT2D eigenvalue weighted by molar-refractivity contribution is 7.13. The van der Waals surface area contributed by atoms with Gasteiger partial charge >= 0.3 is 0 Å². The van der Waals surface area contributed by atoms with Crippen molar-refractivity contribution in [2.75, 3.05) is 62.2 Å². The van der Waals surface area contributed by atoms with Crippen LogP contribution in [-0.4, -0.2) is 133 Å². The highest BCUT2D eigenvalue weighted by atomic mass is 32.1. The third kappa shape index (κ3) is 10.9.